The Balaban J connectivity index is 1.73. The summed E-state index contributed by atoms with van der Waals surface area (Å²) in [6, 6.07) is 0. The predicted octanol–water partition coefficient (Wildman–Crippen LogP) is -0.265. The number of piperazine rings is 1. The number of aliphatic carboxylic acids is 1. The second-order valence-corrected chi connectivity index (χ2v) is 5.30. The first-order valence-electron chi connectivity index (χ1n) is 6.54. The van der Waals surface area contributed by atoms with E-state index in [1.807, 2.05) is 6.92 Å². The van der Waals surface area contributed by atoms with E-state index in [-0.39, 0.29) is 0 Å². The van der Waals surface area contributed by atoms with Crippen molar-refractivity contribution in [2.24, 2.45) is 5.92 Å². The Kier molecular flexibility index (Phi) is 4.01. The van der Waals surface area contributed by atoms with Crippen LogP contribution < -0.4 is 10.6 Å². The molecule has 1 aliphatic heterocycles. The zero-order valence-electron chi connectivity index (χ0n) is 10.5. The molecule has 17 heavy (non-hydrogen) atoms. The Hall–Kier alpha value is -0.650. The molecule has 2 fully saturated rings. The SMILES string of the molecule is CC(NCCN1CCNCC1)(C(=O)O)C1CC1. The van der Waals surface area contributed by atoms with Gasteiger partial charge < -0.3 is 15.7 Å². The Bertz CT molecular complexity index is 275. The zero-order valence-corrected chi connectivity index (χ0v) is 10.5. The number of rotatable bonds is 6. The van der Waals surface area contributed by atoms with Crippen molar-refractivity contribution in [1.82, 2.24) is 15.5 Å². The van der Waals surface area contributed by atoms with Gasteiger partial charge in [0.25, 0.3) is 0 Å². The van der Waals surface area contributed by atoms with Crippen molar-refractivity contribution in [1.29, 1.82) is 0 Å². The summed E-state index contributed by atoms with van der Waals surface area (Å²) in [6.07, 6.45) is 2.09. The Morgan fingerprint density at radius 2 is 2.12 bits per heavy atom. The van der Waals surface area contributed by atoms with Crippen LogP contribution in [-0.2, 0) is 4.79 Å². The first-order valence-corrected chi connectivity index (χ1v) is 6.54. The van der Waals surface area contributed by atoms with Gasteiger partial charge in [-0.15, -0.1) is 0 Å². The maximum absolute atomic E-state index is 11.3. The molecule has 0 spiro atoms. The van der Waals surface area contributed by atoms with Crippen molar-refractivity contribution < 1.29 is 9.90 Å². The quantitative estimate of drug-likeness (QED) is 0.598. The number of carboxylic acids is 1. The molecule has 0 aromatic rings. The standard InChI is InChI=1S/C12H23N3O2/c1-12(11(16)17,10-2-3-10)14-6-9-15-7-4-13-5-8-15/h10,13-14H,2-9H2,1H3,(H,16,17). The van der Waals surface area contributed by atoms with Gasteiger partial charge >= 0.3 is 5.97 Å². The smallest absolute Gasteiger partial charge is 0.323 e. The van der Waals surface area contributed by atoms with Crippen LogP contribution in [0.25, 0.3) is 0 Å². The number of nitrogens with one attached hydrogen (secondary N) is 2. The Morgan fingerprint density at radius 1 is 1.47 bits per heavy atom. The van der Waals surface area contributed by atoms with E-state index in [1.54, 1.807) is 0 Å². The summed E-state index contributed by atoms with van der Waals surface area (Å²) in [5, 5.41) is 15.8. The van der Waals surface area contributed by atoms with Crippen LogP contribution >= 0.6 is 0 Å². The number of carbonyl (C=O) groups is 1. The lowest BCUT2D eigenvalue weighted by Crippen LogP contribution is -2.54. The van der Waals surface area contributed by atoms with Crippen molar-refractivity contribution in [2.45, 2.75) is 25.3 Å². The summed E-state index contributed by atoms with van der Waals surface area (Å²) < 4.78 is 0. The monoisotopic (exact) mass is 241 g/mol. The molecule has 2 rings (SSSR count). The van der Waals surface area contributed by atoms with Crippen LogP contribution in [0, 0.1) is 5.92 Å². The molecule has 0 bridgehead atoms. The maximum atomic E-state index is 11.3. The molecule has 1 unspecified atom stereocenters. The summed E-state index contributed by atoms with van der Waals surface area (Å²) in [7, 11) is 0. The average Bonchev–Trinajstić information content (AvgIpc) is 3.14. The normalized spacial score (nSPS) is 25.5. The highest BCUT2D eigenvalue weighted by Crippen LogP contribution is 2.39. The minimum Gasteiger partial charge on any atom is -0.480 e. The van der Waals surface area contributed by atoms with Gasteiger partial charge in [-0.1, -0.05) is 0 Å². The largest absolute Gasteiger partial charge is 0.480 e. The molecule has 1 aliphatic carbocycles. The van der Waals surface area contributed by atoms with Gasteiger partial charge in [-0.05, 0) is 25.7 Å². The molecule has 0 radical (unpaired) electrons. The van der Waals surface area contributed by atoms with E-state index >= 15 is 0 Å². The Morgan fingerprint density at radius 3 is 2.65 bits per heavy atom. The maximum Gasteiger partial charge on any atom is 0.323 e. The van der Waals surface area contributed by atoms with Crippen LogP contribution in [0.4, 0.5) is 0 Å². The van der Waals surface area contributed by atoms with Gasteiger partial charge in [0.2, 0.25) is 0 Å². The van der Waals surface area contributed by atoms with Crippen LogP contribution in [0.1, 0.15) is 19.8 Å². The van der Waals surface area contributed by atoms with Crippen LogP contribution in [0.3, 0.4) is 0 Å². The molecule has 1 saturated carbocycles. The van der Waals surface area contributed by atoms with E-state index in [9.17, 15) is 9.90 Å². The van der Waals surface area contributed by atoms with Crippen LogP contribution in [0.2, 0.25) is 0 Å². The number of carboxylic acid groups (broad SMARTS) is 1. The Labute approximate surface area is 103 Å². The van der Waals surface area contributed by atoms with Gasteiger partial charge in [0.1, 0.15) is 5.54 Å². The molecule has 1 heterocycles. The van der Waals surface area contributed by atoms with E-state index in [0.717, 1.165) is 52.1 Å². The van der Waals surface area contributed by atoms with Crippen LogP contribution in [0.15, 0.2) is 0 Å². The number of hydrogen-bond donors (Lipinski definition) is 3. The molecule has 0 amide bonds. The highest BCUT2D eigenvalue weighted by molar-refractivity contribution is 5.79. The summed E-state index contributed by atoms with van der Waals surface area (Å²) in [6.45, 7) is 7.74. The average molecular weight is 241 g/mol. The second-order valence-electron chi connectivity index (χ2n) is 5.30. The molecule has 5 heteroatoms. The second kappa shape index (κ2) is 5.33. The molecule has 5 nitrogen and oxygen atoms in total. The highest BCUT2D eigenvalue weighted by atomic mass is 16.4. The van der Waals surface area contributed by atoms with E-state index in [4.69, 9.17) is 0 Å². The first kappa shape index (κ1) is 12.8. The van der Waals surface area contributed by atoms with Crippen molar-refractivity contribution in [3.05, 3.63) is 0 Å². The lowest BCUT2D eigenvalue weighted by molar-refractivity contribution is -0.145. The van der Waals surface area contributed by atoms with Gasteiger partial charge in [0.05, 0.1) is 0 Å². The van der Waals surface area contributed by atoms with Crippen molar-refractivity contribution >= 4 is 5.97 Å². The summed E-state index contributed by atoms with van der Waals surface area (Å²) in [5.41, 5.74) is -0.714. The van der Waals surface area contributed by atoms with Crippen molar-refractivity contribution in [2.75, 3.05) is 39.3 Å². The molecule has 1 atom stereocenters. The molecule has 0 aromatic heterocycles. The molecular formula is C12H23N3O2. The first-order chi connectivity index (χ1) is 8.13. The van der Waals surface area contributed by atoms with Crippen LogP contribution in [-0.4, -0.2) is 60.8 Å². The summed E-state index contributed by atoms with van der Waals surface area (Å²) in [4.78, 5) is 13.7. The van der Waals surface area contributed by atoms with Crippen LogP contribution in [0.5, 0.6) is 0 Å². The van der Waals surface area contributed by atoms with Gasteiger partial charge in [0, 0.05) is 39.3 Å². The van der Waals surface area contributed by atoms with Gasteiger partial charge in [-0.2, -0.15) is 0 Å². The topological polar surface area (TPSA) is 64.6 Å². The lowest BCUT2D eigenvalue weighted by Gasteiger charge is -2.30. The minimum atomic E-state index is -0.714. The van der Waals surface area contributed by atoms with E-state index < -0.39 is 11.5 Å². The van der Waals surface area contributed by atoms with Crippen molar-refractivity contribution in [3.63, 3.8) is 0 Å². The lowest BCUT2D eigenvalue weighted by atomic mass is 9.96. The van der Waals surface area contributed by atoms with Gasteiger partial charge in [-0.25, -0.2) is 0 Å². The summed E-state index contributed by atoms with van der Waals surface area (Å²) >= 11 is 0. The molecule has 3 N–H and O–H groups in total. The number of nitrogens with zero attached hydrogens (tertiary/aromatic N) is 1. The fourth-order valence-corrected chi connectivity index (χ4v) is 2.46. The zero-order chi connectivity index (χ0) is 12.3. The summed E-state index contributed by atoms with van der Waals surface area (Å²) in [5.74, 6) is -0.386. The van der Waals surface area contributed by atoms with E-state index in [0.29, 0.717) is 5.92 Å². The molecular weight excluding hydrogens is 218 g/mol. The fourth-order valence-electron chi connectivity index (χ4n) is 2.46. The molecule has 98 valence electrons. The molecule has 1 saturated heterocycles. The van der Waals surface area contributed by atoms with E-state index in [2.05, 4.69) is 15.5 Å². The van der Waals surface area contributed by atoms with Gasteiger partial charge in [0.15, 0.2) is 0 Å². The third-order valence-corrected chi connectivity index (χ3v) is 3.97. The minimum absolute atomic E-state index is 0.322. The highest BCUT2D eigenvalue weighted by Gasteiger charge is 2.46. The number of hydrogen-bond acceptors (Lipinski definition) is 4. The van der Waals surface area contributed by atoms with Gasteiger partial charge in [-0.3, -0.25) is 9.69 Å². The predicted molar refractivity (Wildman–Crippen MR) is 66.1 cm³/mol. The fraction of sp³-hybridized carbons (Fsp3) is 0.917. The molecule has 0 aromatic carbocycles. The van der Waals surface area contributed by atoms with E-state index in [1.165, 1.54) is 0 Å². The van der Waals surface area contributed by atoms with Crippen molar-refractivity contribution in [3.8, 4) is 0 Å². The molecule has 2 aliphatic rings. The third-order valence-electron chi connectivity index (χ3n) is 3.97. The third kappa shape index (κ3) is 3.18.